The van der Waals surface area contributed by atoms with Crippen molar-refractivity contribution in [3.05, 3.63) is 65.2 Å². The molecule has 4 rings (SSSR count). The number of hydrogen-bond acceptors (Lipinski definition) is 3. The average Bonchev–Trinajstić information content (AvgIpc) is 3.05. The van der Waals surface area contributed by atoms with E-state index < -0.39 is 0 Å². The van der Waals surface area contributed by atoms with E-state index in [1.54, 1.807) is 0 Å². The molecule has 0 aliphatic carbocycles. The first-order valence-corrected chi connectivity index (χ1v) is 7.53. The van der Waals surface area contributed by atoms with Gasteiger partial charge in [0.1, 0.15) is 12.6 Å². The third-order valence-corrected chi connectivity index (χ3v) is 4.14. The predicted octanol–water partition coefficient (Wildman–Crippen LogP) is 3.56. The van der Waals surface area contributed by atoms with E-state index in [1.165, 1.54) is 23.2 Å². The minimum atomic E-state index is 0.112. The summed E-state index contributed by atoms with van der Waals surface area (Å²) in [6.45, 7) is 1.66. The number of aliphatic imine (C=N–C) groups is 1. The molecule has 2 aromatic carbocycles. The lowest BCUT2D eigenvalue weighted by atomic mass is 9.99. The molecule has 3 nitrogen and oxygen atoms in total. The SMILES string of the molecule is c1ccc([C@H]2COC(c3cccc4c3NCCC4)=N2)cc1. The molecule has 1 atom stereocenters. The molecule has 0 bridgehead atoms. The summed E-state index contributed by atoms with van der Waals surface area (Å²) in [5.74, 6) is 0.773. The largest absolute Gasteiger partial charge is 0.475 e. The van der Waals surface area contributed by atoms with Crippen molar-refractivity contribution in [3.8, 4) is 0 Å². The van der Waals surface area contributed by atoms with Gasteiger partial charge in [0.25, 0.3) is 0 Å². The number of nitrogens with one attached hydrogen (secondary N) is 1. The number of anilines is 1. The Balaban J connectivity index is 1.69. The molecule has 0 aromatic heterocycles. The van der Waals surface area contributed by atoms with Gasteiger partial charge >= 0.3 is 0 Å². The molecular formula is C18H18N2O. The van der Waals surface area contributed by atoms with Gasteiger partial charge in [0.05, 0.1) is 11.3 Å². The van der Waals surface area contributed by atoms with E-state index in [-0.39, 0.29) is 6.04 Å². The first kappa shape index (κ1) is 12.5. The van der Waals surface area contributed by atoms with E-state index in [1.807, 2.05) is 6.07 Å². The van der Waals surface area contributed by atoms with Crippen molar-refractivity contribution in [2.24, 2.45) is 4.99 Å². The third kappa shape index (κ3) is 2.29. The van der Waals surface area contributed by atoms with Crippen LogP contribution in [0.1, 0.15) is 29.2 Å². The Bertz CT molecular complexity index is 679. The number of nitrogens with zero attached hydrogens (tertiary/aromatic N) is 1. The Hall–Kier alpha value is -2.29. The van der Waals surface area contributed by atoms with Crippen LogP contribution in [-0.4, -0.2) is 19.0 Å². The van der Waals surface area contributed by atoms with Crippen LogP contribution in [-0.2, 0) is 11.2 Å². The minimum absolute atomic E-state index is 0.112. The van der Waals surface area contributed by atoms with Crippen LogP contribution >= 0.6 is 0 Å². The summed E-state index contributed by atoms with van der Waals surface area (Å²) >= 11 is 0. The van der Waals surface area contributed by atoms with Gasteiger partial charge in [-0.05, 0) is 30.0 Å². The zero-order valence-corrected chi connectivity index (χ0v) is 11.9. The highest BCUT2D eigenvalue weighted by molar-refractivity contribution is 6.01. The lowest BCUT2D eigenvalue weighted by Gasteiger charge is -2.20. The summed E-state index contributed by atoms with van der Waals surface area (Å²) in [7, 11) is 0. The third-order valence-electron chi connectivity index (χ3n) is 4.14. The lowest BCUT2D eigenvalue weighted by molar-refractivity contribution is 0.320. The molecule has 2 heterocycles. The van der Waals surface area contributed by atoms with Crippen molar-refractivity contribution >= 4 is 11.6 Å². The van der Waals surface area contributed by atoms with Gasteiger partial charge in [-0.15, -0.1) is 0 Å². The number of hydrogen-bond donors (Lipinski definition) is 1. The average molecular weight is 278 g/mol. The van der Waals surface area contributed by atoms with E-state index >= 15 is 0 Å². The fourth-order valence-electron chi connectivity index (χ4n) is 3.05. The second-order valence-electron chi connectivity index (χ2n) is 5.54. The molecule has 21 heavy (non-hydrogen) atoms. The van der Waals surface area contributed by atoms with E-state index in [9.17, 15) is 0 Å². The number of benzene rings is 2. The molecular weight excluding hydrogens is 260 g/mol. The van der Waals surface area contributed by atoms with Gasteiger partial charge in [-0.1, -0.05) is 42.5 Å². The Kier molecular flexibility index (Phi) is 3.11. The van der Waals surface area contributed by atoms with Crippen LogP contribution in [0.5, 0.6) is 0 Å². The van der Waals surface area contributed by atoms with Crippen LogP contribution in [0.4, 0.5) is 5.69 Å². The number of fused-ring (bicyclic) bond motifs is 1. The Morgan fingerprint density at radius 1 is 1.05 bits per heavy atom. The standard InChI is InChI=1S/C18H18N2O/c1-2-6-13(7-3-1)16-12-21-18(20-16)15-10-4-8-14-9-5-11-19-17(14)15/h1-4,6-8,10,16,19H,5,9,11-12H2/t16-/m1/s1. The molecule has 1 N–H and O–H groups in total. The van der Waals surface area contributed by atoms with Crippen LogP contribution in [0.3, 0.4) is 0 Å². The molecule has 0 amide bonds. The van der Waals surface area contributed by atoms with Crippen molar-refractivity contribution in [1.29, 1.82) is 0 Å². The Morgan fingerprint density at radius 3 is 2.86 bits per heavy atom. The van der Waals surface area contributed by atoms with Gasteiger partial charge in [-0.2, -0.15) is 0 Å². The molecule has 0 saturated carbocycles. The van der Waals surface area contributed by atoms with Crippen molar-refractivity contribution in [2.75, 3.05) is 18.5 Å². The number of ether oxygens (including phenoxy) is 1. The molecule has 0 fully saturated rings. The zero-order chi connectivity index (χ0) is 14.1. The maximum atomic E-state index is 5.88. The maximum Gasteiger partial charge on any atom is 0.219 e. The monoisotopic (exact) mass is 278 g/mol. The van der Waals surface area contributed by atoms with Crippen molar-refractivity contribution < 1.29 is 4.74 Å². The first-order chi connectivity index (χ1) is 10.4. The minimum Gasteiger partial charge on any atom is -0.475 e. The summed E-state index contributed by atoms with van der Waals surface area (Å²) < 4.78 is 5.88. The van der Waals surface area contributed by atoms with Crippen molar-refractivity contribution in [3.63, 3.8) is 0 Å². The lowest BCUT2D eigenvalue weighted by Crippen LogP contribution is -2.16. The van der Waals surface area contributed by atoms with E-state index in [4.69, 9.17) is 9.73 Å². The van der Waals surface area contributed by atoms with Crippen molar-refractivity contribution in [2.45, 2.75) is 18.9 Å². The molecule has 2 aliphatic heterocycles. The van der Waals surface area contributed by atoms with Gasteiger partial charge in [-0.25, -0.2) is 4.99 Å². The highest BCUT2D eigenvalue weighted by Crippen LogP contribution is 2.31. The van der Waals surface area contributed by atoms with Crippen LogP contribution in [0.25, 0.3) is 0 Å². The highest BCUT2D eigenvalue weighted by Gasteiger charge is 2.24. The molecule has 0 unspecified atom stereocenters. The van der Waals surface area contributed by atoms with Gasteiger partial charge in [0.2, 0.25) is 5.90 Å². The summed E-state index contributed by atoms with van der Waals surface area (Å²) in [5.41, 5.74) is 4.89. The Labute approximate surface area is 124 Å². The van der Waals surface area contributed by atoms with Gasteiger partial charge in [0, 0.05) is 6.54 Å². The summed E-state index contributed by atoms with van der Waals surface area (Å²) in [5, 5.41) is 3.50. The molecule has 0 radical (unpaired) electrons. The van der Waals surface area contributed by atoms with Crippen LogP contribution in [0.2, 0.25) is 0 Å². The van der Waals surface area contributed by atoms with Crippen molar-refractivity contribution in [1.82, 2.24) is 0 Å². The summed E-state index contributed by atoms with van der Waals surface area (Å²) in [6, 6.07) is 16.9. The van der Waals surface area contributed by atoms with Crippen LogP contribution in [0, 0.1) is 0 Å². The second-order valence-corrected chi connectivity index (χ2v) is 5.54. The summed E-state index contributed by atoms with van der Waals surface area (Å²) in [4.78, 5) is 4.79. The van der Waals surface area contributed by atoms with Gasteiger partial charge in [0.15, 0.2) is 0 Å². The zero-order valence-electron chi connectivity index (χ0n) is 11.9. The number of aryl methyl sites for hydroxylation is 1. The second kappa shape index (κ2) is 5.24. The van der Waals surface area contributed by atoms with Gasteiger partial charge < -0.3 is 10.1 Å². The predicted molar refractivity (Wildman–Crippen MR) is 84.9 cm³/mol. The molecule has 3 heteroatoms. The maximum absolute atomic E-state index is 5.88. The molecule has 2 aromatic rings. The molecule has 106 valence electrons. The smallest absolute Gasteiger partial charge is 0.219 e. The topological polar surface area (TPSA) is 33.6 Å². The molecule has 0 spiro atoms. The fraction of sp³-hybridized carbons (Fsp3) is 0.278. The highest BCUT2D eigenvalue weighted by atomic mass is 16.5. The molecule has 0 saturated heterocycles. The normalized spacial score (nSPS) is 20.2. The first-order valence-electron chi connectivity index (χ1n) is 7.53. The van der Waals surface area contributed by atoms with Crippen LogP contribution in [0.15, 0.2) is 53.5 Å². The number of para-hydroxylation sites is 1. The number of rotatable bonds is 2. The van der Waals surface area contributed by atoms with E-state index in [0.717, 1.165) is 24.4 Å². The Morgan fingerprint density at radius 2 is 1.95 bits per heavy atom. The molecule has 2 aliphatic rings. The quantitative estimate of drug-likeness (QED) is 0.911. The fourth-order valence-corrected chi connectivity index (χ4v) is 3.05. The van der Waals surface area contributed by atoms with Gasteiger partial charge in [-0.3, -0.25) is 0 Å². The van der Waals surface area contributed by atoms with E-state index in [2.05, 4.69) is 47.8 Å². The van der Waals surface area contributed by atoms with Crippen LogP contribution < -0.4 is 5.32 Å². The summed E-state index contributed by atoms with van der Waals surface area (Å²) in [6.07, 6.45) is 2.32. The van der Waals surface area contributed by atoms with E-state index in [0.29, 0.717) is 6.61 Å².